The van der Waals surface area contributed by atoms with E-state index in [9.17, 15) is 9.59 Å². The van der Waals surface area contributed by atoms with Crippen molar-refractivity contribution in [3.8, 4) is 0 Å². The van der Waals surface area contributed by atoms with Gasteiger partial charge in [-0.25, -0.2) is 4.98 Å². The van der Waals surface area contributed by atoms with Crippen LogP contribution < -0.4 is 16.4 Å². The lowest BCUT2D eigenvalue weighted by Crippen LogP contribution is -2.37. The number of hydrogen-bond acceptors (Lipinski definition) is 5. The van der Waals surface area contributed by atoms with Crippen LogP contribution >= 0.6 is 23.7 Å². The number of thiazole rings is 1. The van der Waals surface area contributed by atoms with E-state index in [-0.39, 0.29) is 30.8 Å². The number of hydrogen-bond donors (Lipinski definition) is 3. The average molecular weight is 307 g/mol. The van der Waals surface area contributed by atoms with E-state index < -0.39 is 0 Å². The molecule has 1 aromatic heterocycles. The number of nitrogens with one attached hydrogen (secondary N) is 2. The fraction of sp³-hybridized carbons (Fsp3) is 0.545. The van der Waals surface area contributed by atoms with E-state index >= 15 is 0 Å². The Bertz CT molecular complexity index is 411. The molecule has 8 heteroatoms. The lowest BCUT2D eigenvalue weighted by molar-refractivity contribution is -0.120. The Morgan fingerprint density at radius 1 is 1.42 bits per heavy atom. The molecule has 0 saturated carbocycles. The molecule has 0 fully saturated rings. The van der Waals surface area contributed by atoms with Crippen molar-refractivity contribution < 1.29 is 9.59 Å². The van der Waals surface area contributed by atoms with Gasteiger partial charge in [0.15, 0.2) is 0 Å². The summed E-state index contributed by atoms with van der Waals surface area (Å²) in [4.78, 5) is 27.1. The molecule has 4 N–H and O–H groups in total. The van der Waals surface area contributed by atoms with Gasteiger partial charge in [-0.3, -0.25) is 9.59 Å². The Kier molecular flexibility index (Phi) is 9.11. The Hall–Kier alpha value is -1.18. The third-order valence-corrected chi connectivity index (χ3v) is 3.03. The standard InChI is InChI=1S/C11H18N4O2S.ClH/c1-2-5-13-9(16)6-14-11(17)8-7-18-10(15-8)3-4-12;/h7H,2-6,12H2,1H3,(H,13,16)(H,14,17);1H. The molecule has 0 unspecified atom stereocenters. The first-order chi connectivity index (χ1) is 8.67. The molecule has 19 heavy (non-hydrogen) atoms. The van der Waals surface area contributed by atoms with Gasteiger partial charge < -0.3 is 16.4 Å². The Labute approximate surface area is 122 Å². The third kappa shape index (κ3) is 6.51. The molecule has 0 spiro atoms. The van der Waals surface area contributed by atoms with Crippen LogP contribution in [0.1, 0.15) is 28.8 Å². The smallest absolute Gasteiger partial charge is 0.271 e. The molecule has 2 amide bonds. The van der Waals surface area contributed by atoms with Crippen LogP contribution in [0.4, 0.5) is 0 Å². The Morgan fingerprint density at radius 2 is 2.16 bits per heavy atom. The molecule has 0 radical (unpaired) electrons. The highest BCUT2D eigenvalue weighted by atomic mass is 35.5. The van der Waals surface area contributed by atoms with E-state index in [1.54, 1.807) is 5.38 Å². The molecular formula is C11H19ClN4O2S. The minimum Gasteiger partial charge on any atom is -0.355 e. The largest absolute Gasteiger partial charge is 0.355 e. The maximum Gasteiger partial charge on any atom is 0.271 e. The van der Waals surface area contributed by atoms with Gasteiger partial charge in [0.05, 0.1) is 11.6 Å². The molecule has 0 saturated heterocycles. The molecule has 1 rings (SSSR count). The summed E-state index contributed by atoms with van der Waals surface area (Å²) in [7, 11) is 0. The fourth-order valence-corrected chi connectivity index (χ4v) is 2.03. The molecular weight excluding hydrogens is 288 g/mol. The lowest BCUT2D eigenvalue weighted by Gasteiger charge is -2.04. The van der Waals surface area contributed by atoms with Crippen LogP contribution in [0.5, 0.6) is 0 Å². The van der Waals surface area contributed by atoms with Gasteiger partial charge >= 0.3 is 0 Å². The predicted molar refractivity (Wildman–Crippen MR) is 77.8 cm³/mol. The zero-order valence-corrected chi connectivity index (χ0v) is 12.4. The first-order valence-electron chi connectivity index (χ1n) is 5.86. The molecule has 0 aliphatic rings. The first-order valence-corrected chi connectivity index (χ1v) is 6.74. The van der Waals surface area contributed by atoms with E-state index in [4.69, 9.17) is 5.73 Å². The zero-order chi connectivity index (χ0) is 13.4. The second kappa shape index (κ2) is 9.71. The molecule has 0 atom stereocenters. The van der Waals surface area contributed by atoms with Gasteiger partial charge in [-0.2, -0.15) is 0 Å². The van der Waals surface area contributed by atoms with Crippen LogP contribution in [0.2, 0.25) is 0 Å². The monoisotopic (exact) mass is 306 g/mol. The summed E-state index contributed by atoms with van der Waals surface area (Å²) in [5, 5.41) is 7.70. The van der Waals surface area contributed by atoms with Gasteiger partial charge in [-0.05, 0) is 13.0 Å². The lowest BCUT2D eigenvalue weighted by atomic mass is 10.4. The quantitative estimate of drug-likeness (QED) is 0.676. The number of halogens is 1. The van der Waals surface area contributed by atoms with Crippen molar-refractivity contribution in [1.82, 2.24) is 15.6 Å². The molecule has 0 aliphatic carbocycles. The highest BCUT2D eigenvalue weighted by Crippen LogP contribution is 2.09. The first kappa shape index (κ1) is 17.8. The average Bonchev–Trinajstić information content (AvgIpc) is 2.82. The number of nitrogens with zero attached hydrogens (tertiary/aromatic N) is 1. The maximum atomic E-state index is 11.7. The molecule has 0 bridgehead atoms. The second-order valence-corrected chi connectivity index (χ2v) is 4.64. The Morgan fingerprint density at radius 3 is 2.79 bits per heavy atom. The number of aromatic nitrogens is 1. The number of nitrogens with two attached hydrogens (primary N) is 1. The number of carbonyl (C=O) groups is 2. The van der Waals surface area contributed by atoms with Gasteiger partial charge in [-0.15, -0.1) is 23.7 Å². The summed E-state index contributed by atoms with van der Waals surface area (Å²) in [6.07, 6.45) is 1.53. The van der Waals surface area contributed by atoms with Crippen molar-refractivity contribution in [2.45, 2.75) is 19.8 Å². The molecule has 1 heterocycles. The van der Waals surface area contributed by atoms with Gasteiger partial charge in [0, 0.05) is 18.3 Å². The van der Waals surface area contributed by atoms with Crippen LogP contribution in [0.3, 0.4) is 0 Å². The van der Waals surface area contributed by atoms with Gasteiger partial charge in [0.2, 0.25) is 5.91 Å². The van der Waals surface area contributed by atoms with Crippen molar-refractivity contribution in [1.29, 1.82) is 0 Å². The summed E-state index contributed by atoms with van der Waals surface area (Å²) in [5.41, 5.74) is 5.74. The summed E-state index contributed by atoms with van der Waals surface area (Å²) in [6, 6.07) is 0. The summed E-state index contributed by atoms with van der Waals surface area (Å²) in [6.45, 7) is 3.07. The minimum absolute atomic E-state index is 0. The SMILES string of the molecule is CCCNC(=O)CNC(=O)c1csc(CCN)n1.Cl. The van der Waals surface area contributed by atoms with Crippen molar-refractivity contribution in [3.63, 3.8) is 0 Å². The van der Waals surface area contributed by atoms with Gasteiger partial charge in [-0.1, -0.05) is 6.92 Å². The highest BCUT2D eigenvalue weighted by Gasteiger charge is 2.11. The van der Waals surface area contributed by atoms with E-state index in [0.717, 1.165) is 11.4 Å². The maximum absolute atomic E-state index is 11.7. The fourth-order valence-electron chi connectivity index (χ4n) is 1.23. The van der Waals surface area contributed by atoms with Gasteiger partial charge in [0.1, 0.15) is 5.69 Å². The normalized spacial score (nSPS) is 9.58. The van der Waals surface area contributed by atoms with E-state index in [0.29, 0.717) is 25.2 Å². The molecule has 1 aromatic rings. The molecule has 0 aliphatic heterocycles. The van der Waals surface area contributed by atoms with Crippen molar-refractivity contribution in [3.05, 3.63) is 16.1 Å². The minimum atomic E-state index is -0.332. The number of carbonyl (C=O) groups excluding carboxylic acids is 2. The van der Waals surface area contributed by atoms with Crippen molar-refractivity contribution >= 4 is 35.6 Å². The molecule has 0 aromatic carbocycles. The van der Waals surface area contributed by atoms with Crippen molar-refractivity contribution in [2.24, 2.45) is 5.73 Å². The predicted octanol–water partition coefficient (Wildman–Crippen LogP) is 0.322. The third-order valence-electron chi connectivity index (χ3n) is 2.12. The Balaban J connectivity index is 0.00000324. The summed E-state index contributed by atoms with van der Waals surface area (Å²) in [5.74, 6) is -0.524. The van der Waals surface area contributed by atoms with Crippen LogP contribution in [-0.4, -0.2) is 36.4 Å². The zero-order valence-electron chi connectivity index (χ0n) is 10.8. The highest BCUT2D eigenvalue weighted by molar-refractivity contribution is 7.09. The van der Waals surface area contributed by atoms with Crippen LogP contribution in [0.15, 0.2) is 5.38 Å². The van der Waals surface area contributed by atoms with Crippen molar-refractivity contribution in [2.75, 3.05) is 19.6 Å². The second-order valence-electron chi connectivity index (χ2n) is 3.70. The van der Waals surface area contributed by atoms with Crippen LogP contribution in [0, 0.1) is 0 Å². The van der Waals surface area contributed by atoms with Crippen LogP contribution in [0.25, 0.3) is 0 Å². The summed E-state index contributed by atoms with van der Waals surface area (Å²) >= 11 is 1.40. The number of amides is 2. The topological polar surface area (TPSA) is 97.1 Å². The van der Waals surface area contributed by atoms with E-state index in [2.05, 4.69) is 15.6 Å². The van der Waals surface area contributed by atoms with E-state index in [1.165, 1.54) is 11.3 Å². The van der Waals surface area contributed by atoms with Gasteiger partial charge in [0.25, 0.3) is 5.91 Å². The molecule has 108 valence electrons. The molecule has 6 nitrogen and oxygen atoms in total. The summed E-state index contributed by atoms with van der Waals surface area (Å²) < 4.78 is 0. The van der Waals surface area contributed by atoms with Crippen LogP contribution in [-0.2, 0) is 11.2 Å². The number of rotatable bonds is 7. The van der Waals surface area contributed by atoms with E-state index in [1.807, 2.05) is 6.92 Å².